The van der Waals surface area contributed by atoms with E-state index < -0.39 is 0 Å². The van der Waals surface area contributed by atoms with Gasteiger partial charge >= 0.3 is 0 Å². The van der Waals surface area contributed by atoms with Gasteiger partial charge in [0.15, 0.2) is 0 Å². The van der Waals surface area contributed by atoms with Crippen molar-refractivity contribution in [2.75, 3.05) is 6.54 Å². The van der Waals surface area contributed by atoms with Crippen LogP contribution in [0.4, 0.5) is 0 Å². The molecule has 0 fully saturated rings. The molecule has 0 aliphatic heterocycles. The van der Waals surface area contributed by atoms with Gasteiger partial charge < -0.3 is 10.4 Å². The summed E-state index contributed by atoms with van der Waals surface area (Å²) in [6.45, 7) is 3.20. The topological polar surface area (TPSA) is 45.1 Å². The molecule has 1 atom stereocenters. The fourth-order valence-corrected chi connectivity index (χ4v) is 1.30. The molecule has 0 radical (unpaired) electrons. The summed E-state index contributed by atoms with van der Waals surface area (Å²) >= 11 is 1.62. The van der Waals surface area contributed by atoms with Crippen molar-refractivity contribution in [3.05, 3.63) is 16.6 Å². The van der Waals surface area contributed by atoms with Gasteiger partial charge in [-0.2, -0.15) is 0 Å². The van der Waals surface area contributed by atoms with E-state index in [-0.39, 0.29) is 6.10 Å². The molecule has 1 aromatic rings. The van der Waals surface area contributed by atoms with E-state index in [0.29, 0.717) is 6.54 Å². The molecule has 0 spiro atoms. The number of nitrogens with zero attached hydrogens (tertiary/aromatic N) is 1. The van der Waals surface area contributed by atoms with Gasteiger partial charge in [-0.05, 0) is 6.92 Å². The molecule has 0 bridgehead atoms. The van der Waals surface area contributed by atoms with Crippen molar-refractivity contribution in [1.82, 2.24) is 10.3 Å². The molecule has 0 amide bonds. The van der Waals surface area contributed by atoms with Crippen LogP contribution < -0.4 is 5.32 Å². The Balaban J connectivity index is 2.14. The number of nitrogens with one attached hydrogen (secondary N) is 1. The molecule has 0 aromatic carbocycles. The molecule has 11 heavy (non-hydrogen) atoms. The predicted octanol–water partition coefficient (Wildman–Crippen LogP) is 0.613. The Labute approximate surface area is 70.1 Å². The minimum Gasteiger partial charge on any atom is -0.392 e. The molecule has 0 aliphatic carbocycles. The Hall–Kier alpha value is -0.450. The lowest BCUT2D eigenvalue weighted by molar-refractivity contribution is 0.191. The van der Waals surface area contributed by atoms with Gasteiger partial charge in [0.1, 0.15) is 0 Å². The van der Waals surface area contributed by atoms with E-state index in [0.717, 1.165) is 6.54 Å². The van der Waals surface area contributed by atoms with E-state index in [1.165, 1.54) is 4.88 Å². The second-order valence-electron chi connectivity index (χ2n) is 2.45. The molecular formula is C7H12N2OS. The molecular weight excluding hydrogens is 160 g/mol. The second kappa shape index (κ2) is 4.43. The smallest absolute Gasteiger partial charge is 0.0794 e. The Morgan fingerprint density at radius 3 is 3.18 bits per heavy atom. The lowest BCUT2D eigenvalue weighted by atomic mass is 10.4. The van der Waals surface area contributed by atoms with Crippen LogP contribution in [0, 0.1) is 0 Å². The van der Waals surface area contributed by atoms with Crippen LogP contribution in [0.5, 0.6) is 0 Å². The van der Waals surface area contributed by atoms with Crippen LogP contribution in [-0.2, 0) is 6.54 Å². The number of aliphatic hydroxyl groups excluding tert-OH is 1. The van der Waals surface area contributed by atoms with Crippen molar-refractivity contribution in [3.63, 3.8) is 0 Å². The average Bonchev–Trinajstić information content (AvgIpc) is 2.39. The molecule has 0 saturated heterocycles. The quantitative estimate of drug-likeness (QED) is 0.699. The highest BCUT2D eigenvalue weighted by Gasteiger charge is 1.95. The monoisotopic (exact) mass is 172 g/mol. The lowest BCUT2D eigenvalue weighted by Gasteiger charge is -2.03. The standard InChI is InChI=1S/C7H12N2OS/c1-6(10)2-8-3-7-4-9-5-11-7/h4-6,8,10H,2-3H2,1H3/t6-/m1/s1. The number of rotatable bonds is 4. The maximum atomic E-state index is 8.91. The van der Waals surface area contributed by atoms with E-state index in [1.54, 1.807) is 23.8 Å². The summed E-state index contributed by atoms with van der Waals surface area (Å²) in [7, 11) is 0. The van der Waals surface area contributed by atoms with E-state index in [9.17, 15) is 0 Å². The van der Waals surface area contributed by atoms with E-state index in [4.69, 9.17) is 5.11 Å². The highest BCUT2D eigenvalue weighted by atomic mass is 32.1. The van der Waals surface area contributed by atoms with Crippen molar-refractivity contribution in [1.29, 1.82) is 0 Å². The highest BCUT2D eigenvalue weighted by Crippen LogP contribution is 2.03. The summed E-state index contributed by atoms with van der Waals surface area (Å²) in [6.07, 6.45) is 1.56. The highest BCUT2D eigenvalue weighted by molar-refractivity contribution is 7.09. The molecule has 0 unspecified atom stereocenters. The number of hydrogen-bond donors (Lipinski definition) is 2. The van der Waals surface area contributed by atoms with Gasteiger partial charge in [0, 0.05) is 24.2 Å². The van der Waals surface area contributed by atoms with Gasteiger partial charge in [0.2, 0.25) is 0 Å². The Morgan fingerprint density at radius 2 is 2.64 bits per heavy atom. The van der Waals surface area contributed by atoms with Gasteiger partial charge in [-0.15, -0.1) is 11.3 Å². The zero-order valence-electron chi connectivity index (χ0n) is 6.45. The fourth-order valence-electron chi connectivity index (χ4n) is 0.734. The normalized spacial score (nSPS) is 13.3. The number of aromatic nitrogens is 1. The largest absolute Gasteiger partial charge is 0.392 e. The number of thiazole rings is 1. The zero-order valence-corrected chi connectivity index (χ0v) is 7.27. The summed E-state index contributed by atoms with van der Waals surface area (Å²) in [6, 6.07) is 0. The maximum absolute atomic E-state index is 8.91. The number of hydrogen-bond acceptors (Lipinski definition) is 4. The molecule has 0 aliphatic rings. The lowest BCUT2D eigenvalue weighted by Crippen LogP contribution is -2.23. The van der Waals surface area contributed by atoms with Crippen LogP contribution in [0.3, 0.4) is 0 Å². The molecule has 4 heteroatoms. The van der Waals surface area contributed by atoms with Crippen molar-refractivity contribution in [2.24, 2.45) is 0 Å². The van der Waals surface area contributed by atoms with Crippen molar-refractivity contribution in [2.45, 2.75) is 19.6 Å². The third kappa shape index (κ3) is 3.46. The Morgan fingerprint density at radius 1 is 1.82 bits per heavy atom. The van der Waals surface area contributed by atoms with E-state index in [1.807, 2.05) is 6.20 Å². The van der Waals surface area contributed by atoms with Gasteiger partial charge in [-0.25, -0.2) is 0 Å². The second-order valence-corrected chi connectivity index (χ2v) is 3.42. The van der Waals surface area contributed by atoms with Gasteiger partial charge in [-0.3, -0.25) is 4.98 Å². The first-order valence-corrected chi connectivity index (χ1v) is 4.43. The van der Waals surface area contributed by atoms with Crippen LogP contribution in [0.2, 0.25) is 0 Å². The fraction of sp³-hybridized carbons (Fsp3) is 0.571. The van der Waals surface area contributed by atoms with Crippen molar-refractivity contribution < 1.29 is 5.11 Å². The van der Waals surface area contributed by atoms with Gasteiger partial charge in [0.25, 0.3) is 0 Å². The third-order valence-electron chi connectivity index (χ3n) is 1.22. The molecule has 3 nitrogen and oxygen atoms in total. The molecule has 62 valence electrons. The summed E-state index contributed by atoms with van der Waals surface area (Å²) in [5, 5.41) is 12.0. The van der Waals surface area contributed by atoms with Crippen LogP contribution in [-0.4, -0.2) is 22.7 Å². The summed E-state index contributed by atoms with van der Waals surface area (Å²) in [5.41, 5.74) is 1.80. The first kappa shape index (κ1) is 8.64. The van der Waals surface area contributed by atoms with Crippen LogP contribution in [0.15, 0.2) is 11.7 Å². The molecule has 1 aromatic heterocycles. The van der Waals surface area contributed by atoms with E-state index in [2.05, 4.69) is 10.3 Å². The molecule has 2 N–H and O–H groups in total. The first-order valence-electron chi connectivity index (χ1n) is 3.55. The van der Waals surface area contributed by atoms with Crippen molar-refractivity contribution in [3.8, 4) is 0 Å². The minimum atomic E-state index is -0.275. The van der Waals surface area contributed by atoms with Crippen molar-refractivity contribution >= 4 is 11.3 Å². The van der Waals surface area contributed by atoms with Gasteiger partial charge in [0.05, 0.1) is 11.6 Å². The van der Waals surface area contributed by atoms with Gasteiger partial charge in [-0.1, -0.05) is 0 Å². The Bertz CT molecular complexity index is 186. The molecule has 1 rings (SSSR count). The summed E-state index contributed by atoms with van der Waals surface area (Å²) in [5.74, 6) is 0. The number of aliphatic hydroxyl groups is 1. The zero-order chi connectivity index (χ0) is 8.10. The summed E-state index contributed by atoms with van der Waals surface area (Å²) in [4.78, 5) is 5.14. The SMILES string of the molecule is C[C@@H](O)CNCc1cncs1. The third-order valence-corrected chi connectivity index (χ3v) is 2.00. The van der Waals surface area contributed by atoms with Crippen LogP contribution in [0.25, 0.3) is 0 Å². The van der Waals surface area contributed by atoms with E-state index >= 15 is 0 Å². The molecule has 0 saturated carbocycles. The Kier molecular flexibility index (Phi) is 3.48. The average molecular weight is 172 g/mol. The van der Waals surface area contributed by atoms with Crippen LogP contribution >= 0.6 is 11.3 Å². The maximum Gasteiger partial charge on any atom is 0.0794 e. The molecule has 1 heterocycles. The first-order chi connectivity index (χ1) is 5.29. The predicted molar refractivity (Wildman–Crippen MR) is 45.5 cm³/mol. The minimum absolute atomic E-state index is 0.275. The van der Waals surface area contributed by atoms with Crippen LogP contribution in [0.1, 0.15) is 11.8 Å². The summed E-state index contributed by atoms with van der Waals surface area (Å²) < 4.78 is 0.